The molecule has 1 heterocycles. The van der Waals surface area contributed by atoms with E-state index in [0.717, 1.165) is 9.50 Å². The zero-order chi connectivity index (χ0) is 12.0. The summed E-state index contributed by atoms with van der Waals surface area (Å²) in [5.41, 5.74) is 0. The first-order valence-corrected chi connectivity index (χ1v) is 6.90. The van der Waals surface area contributed by atoms with Crippen molar-refractivity contribution in [1.82, 2.24) is 4.98 Å². The number of rotatable bonds is 6. The normalized spacial score (nSPS) is 13.1. The van der Waals surface area contributed by atoms with E-state index in [2.05, 4.69) is 20.9 Å². The van der Waals surface area contributed by atoms with Crippen LogP contribution in [0.5, 0.6) is 0 Å². The second-order valence-electron chi connectivity index (χ2n) is 3.64. The smallest absolute Gasteiger partial charge is 0.110 e. The topological polar surface area (TPSA) is 42.4 Å². The van der Waals surface area contributed by atoms with Crippen molar-refractivity contribution >= 4 is 27.7 Å². The lowest BCUT2D eigenvalue weighted by atomic mass is 10.4. The number of hydrogen-bond donors (Lipinski definition) is 1. The van der Waals surface area contributed by atoms with Crippen LogP contribution in [0.1, 0.15) is 13.8 Å². The molecule has 0 saturated carbocycles. The lowest BCUT2D eigenvalue weighted by molar-refractivity contribution is 0.0152. The lowest BCUT2D eigenvalue weighted by Gasteiger charge is -2.13. The van der Waals surface area contributed by atoms with Crippen molar-refractivity contribution in [2.45, 2.75) is 31.1 Å². The molecule has 0 aliphatic carbocycles. The third-order valence-electron chi connectivity index (χ3n) is 1.76. The van der Waals surface area contributed by atoms with Crippen LogP contribution in [-0.2, 0) is 4.74 Å². The third kappa shape index (κ3) is 5.30. The van der Waals surface area contributed by atoms with Crippen LogP contribution in [0.25, 0.3) is 0 Å². The Kier molecular flexibility index (Phi) is 6.34. The van der Waals surface area contributed by atoms with Crippen LogP contribution in [-0.4, -0.2) is 34.7 Å². The van der Waals surface area contributed by atoms with Gasteiger partial charge in [-0.05, 0) is 41.9 Å². The van der Waals surface area contributed by atoms with E-state index in [0.29, 0.717) is 12.4 Å². The highest BCUT2D eigenvalue weighted by Crippen LogP contribution is 2.24. The SMILES string of the molecule is CC(C)OCC(O)CSc1ncccc1Br. The van der Waals surface area contributed by atoms with Gasteiger partial charge < -0.3 is 9.84 Å². The van der Waals surface area contributed by atoms with Crippen molar-refractivity contribution in [2.75, 3.05) is 12.4 Å². The van der Waals surface area contributed by atoms with Crippen LogP contribution in [0.15, 0.2) is 27.8 Å². The van der Waals surface area contributed by atoms with E-state index in [4.69, 9.17) is 4.74 Å². The minimum atomic E-state index is -0.457. The van der Waals surface area contributed by atoms with Gasteiger partial charge in [0.2, 0.25) is 0 Å². The maximum atomic E-state index is 9.66. The van der Waals surface area contributed by atoms with E-state index in [9.17, 15) is 5.11 Å². The van der Waals surface area contributed by atoms with E-state index in [1.807, 2.05) is 26.0 Å². The van der Waals surface area contributed by atoms with Crippen molar-refractivity contribution in [2.24, 2.45) is 0 Å². The van der Waals surface area contributed by atoms with Gasteiger partial charge in [-0.2, -0.15) is 0 Å². The van der Waals surface area contributed by atoms with Gasteiger partial charge >= 0.3 is 0 Å². The van der Waals surface area contributed by atoms with Gasteiger partial charge in [-0.15, -0.1) is 11.8 Å². The number of thioether (sulfide) groups is 1. The molecular weight excluding hydrogens is 290 g/mol. The van der Waals surface area contributed by atoms with Gasteiger partial charge in [0.05, 0.1) is 18.8 Å². The lowest BCUT2D eigenvalue weighted by Crippen LogP contribution is -2.20. The summed E-state index contributed by atoms with van der Waals surface area (Å²) in [6.45, 7) is 4.28. The number of pyridine rings is 1. The molecule has 1 aromatic heterocycles. The van der Waals surface area contributed by atoms with Crippen molar-refractivity contribution in [3.05, 3.63) is 22.8 Å². The third-order valence-corrected chi connectivity index (χ3v) is 3.81. The molecular formula is C11H16BrNO2S. The predicted octanol–water partition coefficient (Wildman–Crippen LogP) is 2.72. The average molecular weight is 306 g/mol. The van der Waals surface area contributed by atoms with E-state index < -0.39 is 6.10 Å². The molecule has 1 aromatic rings. The molecule has 1 unspecified atom stereocenters. The van der Waals surface area contributed by atoms with Gasteiger partial charge in [0, 0.05) is 16.4 Å². The highest BCUT2D eigenvalue weighted by atomic mass is 79.9. The fourth-order valence-corrected chi connectivity index (χ4v) is 2.39. The maximum absolute atomic E-state index is 9.66. The molecule has 0 spiro atoms. The largest absolute Gasteiger partial charge is 0.390 e. The Bertz CT molecular complexity index is 323. The van der Waals surface area contributed by atoms with Gasteiger partial charge in [0.1, 0.15) is 5.03 Å². The monoisotopic (exact) mass is 305 g/mol. The van der Waals surface area contributed by atoms with Gasteiger partial charge in [0.25, 0.3) is 0 Å². The van der Waals surface area contributed by atoms with Crippen molar-refractivity contribution in [3.8, 4) is 0 Å². The number of nitrogens with zero attached hydrogens (tertiary/aromatic N) is 1. The first kappa shape index (κ1) is 14.0. The summed E-state index contributed by atoms with van der Waals surface area (Å²) in [7, 11) is 0. The summed E-state index contributed by atoms with van der Waals surface area (Å²) in [5.74, 6) is 0.586. The molecule has 0 fully saturated rings. The Morgan fingerprint density at radius 1 is 1.56 bits per heavy atom. The zero-order valence-electron chi connectivity index (χ0n) is 9.39. The zero-order valence-corrected chi connectivity index (χ0v) is 11.8. The van der Waals surface area contributed by atoms with Crippen LogP contribution in [0, 0.1) is 0 Å². The fraction of sp³-hybridized carbons (Fsp3) is 0.545. The Hall–Kier alpha value is -0.100. The number of aliphatic hydroxyl groups excluding tert-OH is 1. The van der Waals surface area contributed by atoms with Crippen LogP contribution >= 0.6 is 27.7 Å². The van der Waals surface area contributed by atoms with Crippen LogP contribution in [0.2, 0.25) is 0 Å². The Morgan fingerprint density at radius 3 is 2.94 bits per heavy atom. The number of aliphatic hydroxyl groups is 1. The van der Waals surface area contributed by atoms with Gasteiger partial charge in [-0.3, -0.25) is 0 Å². The van der Waals surface area contributed by atoms with Crippen molar-refractivity contribution in [1.29, 1.82) is 0 Å². The summed E-state index contributed by atoms with van der Waals surface area (Å²) in [5, 5.41) is 10.6. The molecule has 3 nitrogen and oxygen atoms in total. The van der Waals surface area contributed by atoms with Gasteiger partial charge in [-0.1, -0.05) is 0 Å². The minimum absolute atomic E-state index is 0.154. The average Bonchev–Trinajstić information content (AvgIpc) is 2.25. The standard InChI is InChI=1S/C11H16BrNO2S/c1-8(2)15-6-9(14)7-16-11-10(12)4-3-5-13-11/h3-5,8-9,14H,6-7H2,1-2H3. The summed E-state index contributed by atoms with van der Waals surface area (Å²) in [4.78, 5) is 4.21. The summed E-state index contributed by atoms with van der Waals surface area (Å²) < 4.78 is 6.28. The molecule has 0 aromatic carbocycles. The van der Waals surface area contributed by atoms with Crippen molar-refractivity contribution in [3.63, 3.8) is 0 Å². The Morgan fingerprint density at radius 2 is 2.31 bits per heavy atom. The van der Waals surface area contributed by atoms with E-state index in [1.54, 1.807) is 6.20 Å². The Labute approximate surface area is 109 Å². The molecule has 0 radical (unpaired) electrons. The fourth-order valence-electron chi connectivity index (χ4n) is 1.00. The highest BCUT2D eigenvalue weighted by Gasteiger charge is 2.08. The number of halogens is 1. The van der Waals surface area contributed by atoms with E-state index in [-0.39, 0.29) is 6.10 Å². The number of aromatic nitrogens is 1. The number of hydrogen-bond acceptors (Lipinski definition) is 4. The van der Waals surface area contributed by atoms with Crippen molar-refractivity contribution < 1.29 is 9.84 Å². The van der Waals surface area contributed by atoms with Crippen LogP contribution in [0.3, 0.4) is 0 Å². The van der Waals surface area contributed by atoms with Crippen LogP contribution < -0.4 is 0 Å². The first-order valence-electron chi connectivity index (χ1n) is 5.12. The Balaban J connectivity index is 2.31. The molecule has 1 N–H and O–H groups in total. The molecule has 1 atom stereocenters. The molecule has 0 amide bonds. The molecule has 0 aliphatic heterocycles. The molecule has 0 bridgehead atoms. The minimum Gasteiger partial charge on any atom is -0.390 e. The van der Waals surface area contributed by atoms with E-state index >= 15 is 0 Å². The molecule has 0 aliphatic rings. The second kappa shape index (κ2) is 7.27. The quantitative estimate of drug-likeness (QED) is 0.821. The maximum Gasteiger partial charge on any atom is 0.110 e. The predicted molar refractivity (Wildman–Crippen MR) is 69.8 cm³/mol. The number of ether oxygens (including phenoxy) is 1. The highest BCUT2D eigenvalue weighted by molar-refractivity contribution is 9.10. The van der Waals surface area contributed by atoms with Gasteiger partial charge in [0.15, 0.2) is 0 Å². The van der Waals surface area contributed by atoms with Gasteiger partial charge in [-0.25, -0.2) is 4.98 Å². The molecule has 1 rings (SSSR count). The second-order valence-corrected chi connectivity index (χ2v) is 5.50. The summed E-state index contributed by atoms with van der Waals surface area (Å²) in [6, 6.07) is 3.80. The van der Waals surface area contributed by atoms with E-state index in [1.165, 1.54) is 11.8 Å². The molecule has 5 heteroatoms. The van der Waals surface area contributed by atoms with Crippen LogP contribution in [0.4, 0.5) is 0 Å². The summed E-state index contributed by atoms with van der Waals surface area (Å²) in [6.07, 6.45) is 1.44. The molecule has 16 heavy (non-hydrogen) atoms. The molecule has 0 saturated heterocycles. The molecule has 90 valence electrons. The first-order chi connectivity index (χ1) is 7.59. The summed E-state index contributed by atoms with van der Waals surface area (Å²) >= 11 is 4.93.